The van der Waals surface area contributed by atoms with Gasteiger partial charge < -0.3 is 16.4 Å². The van der Waals surface area contributed by atoms with E-state index in [1.54, 1.807) is 6.07 Å². The molecule has 1 saturated carbocycles. The smallest absolute Gasteiger partial charge is 0.251 e. The molecule has 0 aromatic heterocycles. The van der Waals surface area contributed by atoms with E-state index in [-0.39, 0.29) is 5.91 Å². The Bertz CT molecular complexity index is 425. The van der Waals surface area contributed by atoms with Crippen molar-refractivity contribution in [1.29, 1.82) is 0 Å². The number of nitrogens with one attached hydrogen (secondary N) is 2. The minimum Gasteiger partial charge on any atom is -0.397 e. The van der Waals surface area contributed by atoms with Crippen molar-refractivity contribution >= 4 is 17.3 Å². The van der Waals surface area contributed by atoms with Crippen LogP contribution < -0.4 is 16.4 Å². The minimum atomic E-state index is -0.0726. The molecule has 1 aromatic rings. The molecule has 0 radical (unpaired) electrons. The molecule has 0 spiro atoms. The Morgan fingerprint density at radius 3 is 2.72 bits per heavy atom. The molecule has 1 aliphatic rings. The fraction of sp³-hybridized carbons (Fsp3) is 0.500. The van der Waals surface area contributed by atoms with Crippen molar-refractivity contribution in [3.63, 3.8) is 0 Å². The van der Waals surface area contributed by atoms with Crippen LogP contribution in [0, 0.1) is 0 Å². The molecular formula is C14H21N3O. The predicted molar refractivity (Wildman–Crippen MR) is 74.7 cm³/mol. The molecule has 1 fully saturated rings. The van der Waals surface area contributed by atoms with Crippen LogP contribution in [0.1, 0.15) is 43.0 Å². The second kappa shape index (κ2) is 5.76. The zero-order chi connectivity index (χ0) is 13.0. The normalized spacial score (nSPS) is 15.6. The van der Waals surface area contributed by atoms with Crippen molar-refractivity contribution in [2.24, 2.45) is 0 Å². The van der Waals surface area contributed by atoms with Gasteiger partial charge in [-0.15, -0.1) is 0 Å². The van der Waals surface area contributed by atoms with Gasteiger partial charge in [0.05, 0.1) is 11.4 Å². The van der Waals surface area contributed by atoms with E-state index < -0.39 is 0 Å². The second-order valence-corrected chi connectivity index (χ2v) is 4.79. The van der Waals surface area contributed by atoms with Crippen LogP contribution >= 0.6 is 0 Å². The van der Waals surface area contributed by atoms with Gasteiger partial charge in [-0.05, 0) is 38.0 Å². The molecule has 0 heterocycles. The summed E-state index contributed by atoms with van der Waals surface area (Å²) in [6.45, 7) is 2.53. The molecule has 2 rings (SSSR count). The van der Waals surface area contributed by atoms with Crippen LogP contribution in [-0.4, -0.2) is 18.5 Å². The third kappa shape index (κ3) is 2.94. The number of anilines is 2. The Morgan fingerprint density at radius 1 is 1.39 bits per heavy atom. The van der Waals surface area contributed by atoms with Gasteiger partial charge in [0.2, 0.25) is 0 Å². The molecule has 0 atom stereocenters. The fourth-order valence-electron chi connectivity index (χ4n) is 2.39. The first-order chi connectivity index (χ1) is 8.70. The zero-order valence-electron chi connectivity index (χ0n) is 10.8. The van der Waals surface area contributed by atoms with Crippen molar-refractivity contribution in [2.75, 3.05) is 17.6 Å². The Morgan fingerprint density at radius 2 is 2.11 bits per heavy atom. The van der Waals surface area contributed by atoms with Crippen molar-refractivity contribution in [2.45, 2.75) is 38.6 Å². The lowest BCUT2D eigenvalue weighted by Gasteiger charge is -2.16. The molecule has 0 aliphatic heterocycles. The molecule has 0 saturated heterocycles. The number of benzene rings is 1. The van der Waals surface area contributed by atoms with Crippen molar-refractivity contribution in [3.05, 3.63) is 23.8 Å². The number of amides is 1. The number of hydrogen-bond acceptors (Lipinski definition) is 3. The summed E-state index contributed by atoms with van der Waals surface area (Å²) in [6, 6.07) is 5.99. The van der Waals surface area contributed by atoms with Crippen LogP contribution in [0.2, 0.25) is 0 Å². The number of nitrogens with two attached hydrogens (primary N) is 1. The molecule has 4 N–H and O–H groups in total. The van der Waals surface area contributed by atoms with Crippen LogP contribution in [0.5, 0.6) is 0 Å². The van der Waals surface area contributed by atoms with Gasteiger partial charge in [-0.25, -0.2) is 0 Å². The minimum absolute atomic E-state index is 0.0726. The van der Waals surface area contributed by atoms with Gasteiger partial charge >= 0.3 is 0 Å². The van der Waals surface area contributed by atoms with E-state index in [1.165, 1.54) is 25.7 Å². The number of nitrogen functional groups attached to an aromatic ring is 1. The molecule has 18 heavy (non-hydrogen) atoms. The zero-order valence-corrected chi connectivity index (χ0v) is 10.8. The maximum atomic E-state index is 11.7. The molecule has 1 amide bonds. The Kier molecular flexibility index (Phi) is 4.07. The third-order valence-corrected chi connectivity index (χ3v) is 3.37. The summed E-state index contributed by atoms with van der Waals surface area (Å²) in [6.07, 6.45) is 4.98. The van der Waals surface area contributed by atoms with Crippen molar-refractivity contribution in [1.82, 2.24) is 5.32 Å². The van der Waals surface area contributed by atoms with E-state index in [9.17, 15) is 4.79 Å². The van der Waals surface area contributed by atoms with Gasteiger partial charge in [0.1, 0.15) is 0 Å². The molecule has 98 valence electrons. The third-order valence-electron chi connectivity index (χ3n) is 3.37. The van der Waals surface area contributed by atoms with E-state index in [2.05, 4.69) is 10.6 Å². The second-order valence-electron chi connectivity index (χ2n) is 4.79. The maximum Gasteiger partial charge on any atom is 0.251 e. The van der Waals surface area contributed by atoms with Gasteiger partial charge in [0.15, 0.2) is 0 Å². The van der Waals surface area contributed by atoms with Gasteiger partial charge in [-0.2, -0.15) is 0 Å². The maximum absolute atomic E-state index is 11.7. The summed E-state index contributed by atoms with van der Waals surface area (Å²) in [5.41, 5.74) is 8.19. The highest BCUT2D eigenvalue weighted by Crippen LogP contribution is 2.26. The molecule has 1 aliphatic carbocycles. The highest BCUT2D eigenvalue weighted by Gasteiger charge is 2.16. The summed E-state index contributed by atoms with van der Waals surface area (Å²) in [7, 11) is 0. The van der Waals surface area contributed by atoms with E-state index in [0.29, 0.717) is 23.8 Å². The summed E-state index contributed by atoms with van der Waals surface area (Å²) in [4.78, 5) is 11.7. The summed E-state index contributed by atoms with van der Waals surface area (Å²) < 4.78 is 0. The monoisotopic (exact) mass is 247 g/mol. The van der Waals surface area contributed by atoms with Crippen LogP contribution in [0.3, 0.4) is 0 Å². The number of carbonyl (C=O) groups excluding carboxylic acids is 1. The lowest BCUT2D eigenvalue weighted by molar-refractivity contribution is 0.0956. The molecule has 0 unspecified atom stereocenters. The van der Waals surface area contributed by atoms with Gasteiger partial charge in [0, 0.05) is 18.2 Å². The highest BCUT2D eigenvalue weighted by atomic mass is 16.1. The van der Waals surface area contributed by atoms with Crippen LogP contribution in [0.15, 0.2) is 18.2 Å². The number of rotatable bonds is 4. The van der Waals surface area contributed by atoms with Crippen molar-refractivity contribution < 1.29 is 4.79 Å². The fourth-order valence-corrected chi connectivity index (χ4v) is 2.39. The van der Waals surface area contributed by atoms with Crippen LogP contribution in [0.4, 0.5) is 11.4 Å². The largest absolute Gasteiger partial charge is 0.397 e. The first-order valence-corrected chi connectivity index (χ1v) is 6.65. The summed E-state index contributed by atoms with van der Waals surface area (Å²) in [5, 5.41) is 6.22. The van der Waals surface area contributed by atoms with Gasteiger partial charge in [-0.1, -0.05) is 12.8 Å². The summed E-state index contributed by atoms with van der Waals surface area (Å²) >= 11 is 0. The highest BCUT2D eigenvalue weighted by molar-refractivity contribution is 5.96. The van der Waals surface area contributed by atoms with E-state index >= 15 is 0 Å². The number of carbonyl (C=O) groups is 1. The van der Waals surface area contributed by atoms with Gasteiger partial charge in [0.25, 0.3) is 5.91 Å². The van der Waals surface area contributed by atoms with Crippen molar-refractivity contribution in [3.8, 4) is 0 Å². The first-order valence-electron chi connectivity index (χ1n) is 6.65. The SMILES string of the molecule is CCNC(=O)c1ccc(NC2CCCC2)c(N)c1. The van der Waals surface area contributed by atoms with Crippen LogP contribution in [0.25, 0.3) is 0 Å². The average molecular weight is 247 g/mol. The molecule has 1 aromatic carbocycles. The van der Waals surface area contributed by atoms with E-state index in [0.717, 1.165) is 5.69 Å². The van der Waals surface area contributed by atoms with E-state index in [1.807, 2.05) is 19.1 Å². The average Bonchev–Trinajstić information content (AvgIpc) is 2.85. The predicted octanol–water partition coefficient (Wildman–Crippen LogP) is 2.37. The summed E-state index contributed by atoms with van der Waals surface area (Å²) in [5.74, 6) is -0.0726. The topological polar surface area (TPSA) is 67.2 Å². The standard InChI is InChI=1S/C14H21N3O/c1-2-16-14(18)10-7-8-13(12(15)9-10)17-11-5-3-4-6-11/h7-9,11,17H,2-6,15H2,1H3,(H,16,18). The number of hydrogen-bond donors (Lipinski definition) is 3. The van der Waals surface area contributed by atoms with E-state index in [4.69, 9.17) is 5.73 Å². The quantitative estimate of drug-likeness (QED) is 0.716. The Hall–Kier alpha value is -1.71. The first kappa shape index (κ1) is 12.7. The molecule has 0 bridgehead atoms. The molecular weight excluding hydrogens is 226 g/mol. The molecule has 4 heteroatoms. The van der Waals surface area contributed by atoms with Gasteiger partial charge in [-0.3, -0.25) is 4.79 Å². The molecule has 4 nitrogen and oxygen atoms in total. The lowest BCUT2D eigenvalue weighted by Crippen LogP contribution is -2.23. The lowest BCUT2D eigenvalue weighted by atomic mass is 10.1. The van der Waals surface area contributed by atoms with Crippen LogP contribution in [-0.2, 0) is 0 Å². The Balaban J connectivity index is 2.06. The Labute approximate surface area is 108 Å².